The van der Waals surface area contributed by atoms with Crippen LogP contribution in [0.15, 0.2) is 5.51 Å². The third kappa shape index (κ3) is 5.55. The maximum Gasteiger partial charge on any atom is 0.226 e. The van der Waals surface area contributed by atoms with Gasteiger partial charge in [0, 0.05) is 45.4 Å². The van der Waals surface area contributed by atoms with E-state index in [0.717, 1.165) is 0 Å². The van der Waals surface area contributed by atoms with Crippen LogP contribution in [0.2, 0.25) is 0 Å². The fourth-order valence-corrected chi connectivity index (χ4v) is 2.93. The Morgan fingerprint density at radius 1 is 1.12 bits per heavy atom. The highest BCUT2D eigenvalue weighted by Crippen LogP contribution is 2.11. The molecule has 0 aromatic carbocycles. The monoisotopic (exact) mass is 353 g/mol. The lowest BCUT2D eigenvalue weighted by molar-refractivity contribution is -0.140. The topological polar surface area (TPSA) is 95.5 Å². The largest absolute Gasteiger partial charge is 0.339 e. The Hall–Kier alpha value is -2.03. The van der Waals surface area contributed by atoms with Gasteiger partial charge in [-0.25, -0.2) is 0 Å². The van der Waals surface area contributed by atoms with Gasteiger partial charge in [-0.2, -0.15) is 0 Å². The van der Waals surface area contributed by atoms with Crippen LogP contribution in [-0.4, -0.2) is 63.9 Å². The van der Waals surface area contributed by atoms with Crippen molar-refractivity contribution in [2.24, 2.45) is 5.92 Å². The van der Waals surface area contributed by atoms with Crippen LogP contribution in [-0.2, 0) is 14.4 Å². The number of rotatable bonds is 6. The van der Waals surface area contributed by atoms with Gasteiger partial charge in [0.2, 0.25) is 22.9 Å². The molecule has 0 unspecified atom stereocenters. The van der Waals surface area contributed by atoms with E-state index in [0.29, 0.717) is 43.6 Å². The minimum absolute atomic E-state index is 0.0571. The fraction of sp³-hybridized carbons (Fsp3) is 0.667. The van der Waals surface area contributed by atoms with E-state index >= 15 is 0 Å². The van der Waals surface area contributed by atoms with E-state index < -0.39 is 0 Å². The summed E-state index contributed by atoms with van der Waals surface area (Å²) in [5, 5.41) is 10.4. The van der Waals surface area contributed by atoms with E-state index in [1.165, 1.54) is 16.8 Å². The molecule has 1 aromatic heterocycles. The van der Waals surface area contributed by atoms with Crippen LogP contribution in [0.1, 0.15) is 33.1 Å². The summed E-state index contributed by atoms with van der Waals surface area (Å²) in [6.07, 6.45) is 0.815. The Morgan fingerprint density at radius 2 is 1.75 bits per heavy atom. The number of carbonyl (C=O) groups excluding carboxylic acids is 3. The van der Waals surface area contributed by atoms with Gasteiger partial charge in [-0.3, -0.25) is 14.4 Å². The number of aromatic nitrogens is 2. The van der Waals surface area contributed by atoms with Crippen molar-refractivity contribution < 1.29 is 14.4 Å². The van der Waals surface area contributed by atoms with Gasteiger partial charge in [0.25, 0.3) is 0 Å². The second kappa shape index (κ2) is 8.72. The normalized spacial score (nSPS) is 14.8. The van der Waals surface area contributed by atoms with E-state index in [-0.39, 0.29) is 30.6 Å². The number of hydrogen-bond donors (Lipinski definition) is 1. The molecule has 1 N–H and O–H groups in total. The molecule has 24 heavy (non-hydrogen) atoms. The van der Waals surface area contributed by atoms with Gasteiger partial charge >= 0.3 is 0 Å². The SMILES string of the molecule is CC(C)CC(=O)N1CCN(C(=O)CCC(=O)Nc2nncs2)CC1. The molecule has 2 rings (SSSR count). The summed E-state index contributed by atoms with van der Waals surface area (Å²) >= 11 is 1.23. The molecule has 3 amide bonds. The molecule has 1 aliphatic rings. The lowest BCUT2D eigenvalue weighted by atomic mass is 10.1. The zero-order valence-corrected chi connectivity index (χ0v) is 14.8. The van der Waals surface area contributed by atoms with Crippen LogP contribution in [0.3, 0.4) is 0 Å². The summed E-state index contributed by atoms with van der Waals surface area (Å²) < 4.78 is 0. The first kappa shape index (κ1) is 18.3. The molecule has 9 heteroatoms. The second-order valence-electron chi connectivity index (χ2n) is 6.15. The molecule has 1 aromatic rings. The molecule has 0 atom stereocenters. The highest BCUT2D eigenvalue weighted by Gasteiger charge is 2.24. The highest BCUT2D eigenvalue weighted by molar-refractivity contribution is 7.13. The van der Waals surface area contributed by atoms with Gasteiger partial charge < -0.3 is 15.1 Å². The summed E-state index contributed by atoms with van der Waals surface area (Å²) in [4.78, 5) is 39.5. The first-order valence-corrected chi connectivity index (χ1v) is 8.95. The number of nitrogens with zero attached hydrogens (tertiary/aromatic N) is 4. The number of hydrogen-bond acceptors (Lipinski definition) is 6. The molecule has 1 aliphatic heterocycles. The summed E-state index contributed by atoms with van der Waals surface area (Å²) in [7, 11) is 0. The molecule has 0 spiro atoms. The highest BCUT2D eigenvalue weighted by atomic mass is 32.1. The predicted molar refractivity (Wildman–Crippen MR) is 90.4 cm³/mol. The van der Waals surface area contributed by atoms with Crippen LogP contribution >= 0.6 is 11.3 Å². The number of piperazine rings is 1. The third-order valence-electron chi connectivity index (χ3n) is 3.74. The first-order valence-electron chi connectivity index (χ1n) is 8.07. The quantitative estimate of drug-likeness (QED) is 0.822. The smallest absolute Gasteiger partial charge is 0.226 e. The van der Waals surface area contributed by atoms with Crippen LogP contribution < -0.4 is 5.32 Å². The zero-order chi connectivity index (χ0) is 17.5. The fourth-order valence-electron chi connectivity index (χ4n) is 2.47. The van der Waals surface area contributed by atoms with Crippen molar-refractivity contribution in [2.75, 3.05) is 31.5 Å². The third-order valence-corrected chi connectivity index (χ3v) is 4.35. The van der Waals surface area contributed by atoms with Crippen molar-refractivity contribution in [3.05, 3.63) is 5.51 Å². The van der Waals surface area contributed by atoms with Crippen LogP contribution in [0.4, 0.5) is 5.13 Å². The Kier molecular flexibility index (Phi) is 6.65. The van der Waals surface area contributed by atoms with Gasteiger partial charge in [0.05, 0.1) is 0 Å². The molecular formula is C15H23N5O3S. The molecule has 0 saturated carbocycles. The molecule has 0 aliphatic carbocycles. The van der Waals surface area contributed by atoms with Gasteiger partial charge in [0.1, 0.15) is 5.51 Å². The minimum atomic E-state index is -0.245. The van der Waals surface area contributed by atoms with E-state index in [1.807, 2.05) is 18.7 Å². The molecule has 1 saturated heterocycles. The zero-order valence-electron chi connectivity index (χ0n) is 14.0. The van der Waals surface area contributed by atoms with Crippen LogP contribution in [0.5, 0.6) is 0 Å². The van der Waals surface area contributed by atoms with Gasteiger partial charge in [-0.15, -0.1) is 10.2 Å². The number of carbonyl (C=O) groups is 3. The summed E-state index contributed by atoms with van der Waals surface area (Å²) in [6, 6.07) is 0. The Balaban J connectivity index is 1.69. The van der Waals surface area contributed by atoms with E-state index in [1.54, 1.807) is 4.90 Å². The van der Waals surface area contributed by atoms with Crippen molar-refractivity contribution in [1.82, 2.24) is 20.0 Å². The molecule has 1 fully saturated rings. The summed E-state index contributed by atoms with van der Waals surface area (Å²) in [5.41, 5.74) is 1.53. The van der Waals surface area contributed by atoms with Crippen LogP contribution in [0, 0.1) is 5.92 Å². The Morgan fingerprint density at radius 3 is 2.29 bits per heavy atom. The number of nitrogens with one attached hydrogen (secondary N) is 1. The average molecular weight is 353 g/mol. The van der Waals surface area contributed by atoms with Crippen molar-refractivity contribution in [2.45, 2.75) is 33.1 Å². The van der Waals surface area contributed by atoms with Crippen molar-refractivity contribution in [3.63, 3.8) is 0 Å². The molecular weight excluding hydrogens is 330 g/mol. The van der Waals surface area contributed by atoms with E-state index in [4.69, 9.17) is 0 Å². The Bertz CT molecular complexity index is 568. The molecule has 132 valence electrons. The lowest BCUT2D eigenvalue weighted by Gasteiger charge is -2.35. The predicted octanol–water partition coefficient (Wildman–Crippen LogP) is 0.974. The Labute approximate surface area is 145 Å². The average Bonchev–Trinajstić information content (AvgIpc) is 3.05. The lowest BCUT2D eigenvalue weighted by Crippen LogP contribution is -2.50. The molecule has 8 nitrogen and oxygen atoms in total. The summed E-state index contributed by atoms with van der Waals surface area (Å²) in [6.45, 7) is 6.22. The maximum atomic E-state index is 12.2. The van der Waals surface area contributed by atoms with Crippen molar-refractivity contribution in [3.8, 4) is 0 Å². The first-order chi connectivity index (χ1) is 11.5. The number of amides is 3. The second-order valence-corrected chi connectivity index (χ2v) is 6.98. The van der Waals surface area contributed by atoms with Crippen molar-refractivity contribution >= 4 is 34.2 Å². The van der Waals surface area contributed by atoms with Gasteiger partial charge in [0.15, 0.2) is 0 Å². The minimum Gasteiger partial charge on any atom is -0.339 e. The molecule has 0 bridgehead atoms. The van der Waals surface area contributed by atoms with Gasteiger partial charge in [-0.1, -0.05) is 25.2 Å². The number of anilines is 1. The van der Waals surface area contributed by atoms with Crippen LogP contribution in [0.25, 0.3) is 0 Å². The van der Waals surface area contributed by atoms with Gasteiger partial charge in [-0.05, 0) is 5.92 Å². The summed E-state index contributed by atoms with van der Waals surface area (Å²) in [5.74, 6) is 0.182. The van der Waals surface area contributed by atoms with E-state index in [2.05, 4.69) is 15.5 Å². The molecule has 0 radical (unpaired) electrons. The van der Waals surface area contributed by atoms with E-state index in [9.17, 15) is 14.4 Å². The molecule has 2 heterocycles. The maximum absolute atomic E-state index is 12.2. The standard InChI is InChI=1S/C15H23N5O3S/c1-11(2)9-14(23)20-7-5-19(6-8-20)13(22)4-3-12(21)17-15-18-16-10-24-15/h10-11H,3-9H2,1-2H3,(H,17,18,21). The van der Waals surface area contributed by atoms with Crippen molar-refractivity contribution in [1.29, 1.82) is 0 Å².